The first-order chi connectivity index (χ1) is 11.7. The minimum atomic E-state index is 0.293. The zero-order valence-corrected chi connectivity index (χ0v) is 15.6. The summed E-state index contributed by atoms with van der Waals surface area (Å²) in [6, 6.07) is 22.2. The SMILES string of the molecule is CC1(c2ccccc2)CCCCC1c1ccccc1.CCNCC. The highest BCUT2D eigenvalue weighted by molar-refractivity contribution is 5.33. The lowest BCUT2D eigenvalue weighted by molar-refractivity contribution is 0.270. The topological polar surface area (TPSA) is 12.0 Å². The van der Waals surface area contributed by atoms with Gasteiger partial charge in [-0.3, -0.25) is 0 Å². The van der Waals surface area contributed by atoms with Crippen LogP contribution in [0.5, 0.6) is 0 Å². The van der Waals surface area contributed by atoms with Crippen LogP contribution in [0.2, 0.25) is 0 Å². The van der Waals surface area contributed by atoms with Crippen molar-refractivity contribution in [3.05, 3.63) is 71.8 Å². The van der Waals surface area contributed by atoms with Crippen molar-refractivity contribution in [3.63, 3.8) is 0 Å². The second-order valence-electron chi connectivity index (χ2n) is 6.95. The summed E-state index contributed by atoms with van der Waals surface area (Å²) in [6.07, 6.45) is 5.34. The van der Waals surface area contributed by atoms with Crippen LogP contribution in [0.25, 0.3) is 0 Å². The Hall–Kier alpha value is -1.60. The van der Waals surface area contributed by atoms with Crippen LogP contribution < -0.4 is 5.32 Å². The van der Waals surface area contributed by atoms with Crippen LogP contribution in [0, 0.1) is 0 Å². The molecule has 1 fully saturated rings. The summed E-state index contributed by atoms with van der Waals surface area (Å²) in [5.41, 5.74) is 3.30. The molecular formula is C23H33N. The molecule has 2 unspecified atom stereocenters. The minimum Gasteiger partial charge on any atom is -0.317 e. The Morgan fingerprint density at radius 1 is 0.875 bits per heavy atom. The Labute approximate surface area is 148 Å². The summed E-state index contributed by atoms with van der Waals surface area (Å²) in [5, 5.41) is 3.11. The molecule has 2 aromatic rings. The molecule has 1 heteroatoms. The highest BCUT2D eigenvalue weighted by Gasteiger charge is 2.38. The molecule has 0 saturated heterocycles. The van der Waals surface area contributed by atoms with Gasteiger partial charge in [0.15, 0.2) is 0 Å². The van der Waals surface area contributed by atoms with E-state index in [1.165, 1.54) is 36.8 Å². The first-order valence-corrected chi connectivity index (χ1v) is 9.53. The maximum absolute atomic E-state index is 3.11. The van der Waals surface area contributed by atoms with Crippen LogP contribution in [0.3, 0.4) is 0 Å². The van der Waals surface area contributed by atoms with E-state index in [0.29, 0.717) is 11.3 Å². The Balaban J connectivity index is 0.000000368. The van der Waals surface area contributed by atoms with E-state index in [4.69, 9.17) is 0 Å². The van der Waals surface area contributed by atoms with Crippen molar-refractivity contribution in [2.75, 3.05) is 13.1 Å². The van der Waals surface area contributed by atoms with Gasteiger partial charge in [0.25, 0.3) is 0 Å². The maximum Gasteiger partial charge on any atom is -0.000666 e. The van der Waals surface area contributed by atoms with Crippen LogP contribution in [0.15, 0.2) is 60.7 Å². The summed E-state index contributed by atoms with van der Waals surface area (Å²) in [6.45, 7) is 8.85. The Kier molecular flexibility index (Phi) is 7.52. The quantitative estimate of drug-likeness (QED) is 0.736. The van der Waals surface area contributed by atoms with Gasteiger partial charge in [0, 0.05) is 0 Å². The van der Waals surface area contributed by atoms with E-state index in [2.05, 4.69) is 86.8 Å². The molecule has 0 heterocycles. The Morgan fingerprint density at radius 2 is 1.46 bits per heavy atom. The monoisotopic (exact) mass is 323 g/mol. The molecule has 0 spiro atoms. The number of rotatable bonds is 4. The van der Waals surface area contributed by atoms with Gasteiger partial charge < -0.3 is 5.32 Å². The van der Waals surface area contributed by atoms with Crippen LogP contribution in [-0.4, -0.2) is 13.1 Å². The lowest BCUT2D eigenvalue weighted by Gasteiger charge is -2.42. The van der Waals surface area contributed by atoms with E-state index in [-0.39, 0.29) is 0 Å². The van der Waals surface area contributed by atoms with Crippen molar-refractivity contribution in [1.29, 1.82) is 0 Å². The van der Waals surface area contributed by atoms with Gasteiger partial charge in [-0.15, -0.1) is 0 Å². The molecule has 0 radical (unpaired) electrons. The molecule has 1 aliphatic carbocycles. The van der Waals surface area contributed by atoms with Crippen molar-refractivity contribution in [1.82, 2.24) is 5.32 Å². The van der Waals surface area contributed by atoms with E-state index in [1.54, 1.807) is 0 Å². The van der Waals surface area contributed by atoms with Gasteiger partial charge >= 0.3 is 0 Å². The van der Waals surface area contributed by atoms with Gasteiger partial charge in [-0.05, 0) is 48.4 Å². The summed E-state index contributed by atoms with van der Waals surface area (Å²) in [4.78, 5) is 0. The molecule has 24 heavy (non-hydrogen) atoms. The van der Waals surface area contributed by atoms with Gasteiger partial charge in [-0.2, -0.15) is 0 Å². The van der Waals surface area contributed by atoms with Crippen molar-refractivity contribution < 1.29 is 0 Å². The largest absolute Gasteiger partial charge is 0.317 e. The molecule has 1 saturated carbocycles. The average molecular weight is 324 g/mol. The summed E-state index contributed by atoms with van der Waals surface area (Å²) in [7, 11) is 0. The molecule has 1 nitrogen and oxygen atoms in total. The van der Waals surface area contributed by atoms with Crippen LogP contribution in [0.4, 0.5) is 0 Å². The average Bonchev–Trinajstić information content (AvgIpc) is 2.65. The Bertz CT molecular complexity index is 561. The Morgan fingerprint density at radius 3 is 2.00 bits per heavy atom. The molecule has 1 N–H and O–H groups in total. The fourth-order valence-electron chi connectivity index (χ4n) is 3.97. The summed E-state index contributed by atoms with van der Waals surface area (Å²) in [5.74, 6) is 0.657. The number of hydrogen-bond donors (Lipinski definition) is 1. The van der Waals surface area contributed by atoms with E-state index in [0.717, 1.165) is 13.1 Å². The van der Waals surface area contributed by atoms with Gasteiger partial charge in [-0.25, -0.2) is 0 Å². The predicted molar refractivity (Wildman–Crippen MR) is 106 cm³/mol. The predicted octanol–water partition coefficient (Wildman–Crippen LogP) is 5.92. The third-order valence-corrected chi connectivity index (χ3v) is 5.34. The van der Waals surface area contributed by atoms with Crippen molar-refractivity contribution >= 4 is 0 Å². The first kappa shape index (κ1) is 18.7. The molecule has 3 rings (SSSR count). The van der Waals surface area contributed by atoms with Crippen LogP contribution >= 0.6 is 0 Å². The van der Waals surface area contributed by atoms with Crippen LogP contribution in [0.1, 0.15) is 63.5 Å². The maximum atomic E-state index is 3.11. The molecule has 0 bridgehead atoms. The number of benzene rings is 2. The molecule has 2 aromatic carbocycles. The molecule has 0 aromatic heterocycles. The van der Waals surface area contributed by atoms with Crippen molar-refractivity contribution in [2.24, 2.45) is 0 Å². The van der Waals surface area contributed by atoms with Gasteiger partial charge in [0.2, 0.25) is 0 Å². The number of hydrogen-bond acceptors (Lipinski definition) is 1. The molecule has 1 aliphatic rings. The first-order valence-electron chi connectivity index (χ1n) is 9.53. The zero-order chi connectivity index (χ0) is 17.3. The second kappa shape index (κ2) is 9.64. The van der Waals surface area contributed by atoms with Crippen LogP contribution in [-0.2, 0) is 5.41 Å². The molecule has 2 atom stereocenters. The van der Waals surface area contributed by atoms with E-state index in [9.17, 15) is 0 Å². The van der Waals surface area contributed by atoms with Crippen molar-refractivity contribution in [2.45, 2.75) is 57.8 Å². The van der Waals surface area contributed by atoms with Crippen molar-refractivity contribution in [3.8, 4) is 0 Å². The summed E-state index contributed by atoms with van der Waals surface area (Å²) < 4.78 is 0. The molecule has 130 valence electrons. The second-order valence-corrected chi connectivity index (χ2v) is 6.95. The number of nitrogens with one attached hydrogen (secondary N) is 1. The fraction of sp³-hybridized carbons (Fsp3) is 0.478. The highest BCUT2D eigenvalue weighted by Crippen LogP contribution is 2.48. The van der Waals surface area contributed by atoms with E-state index < -0.39 is 0 Å². The smallest absolute Gasteiger partial charge is 0.000666 e. The molecule has 0 amide bonds. The molecular weight excluding hydrogens is 290 g/mol. The van der Waals surface area contributed by atoms with Gasteiger partial charge in [-0.1, -0.05) is 94.3 Å². The third kappa shape index (κ3) is 4.70. The van der Waals surface area contributed by atoms with Gasteiger partial charge in [0.05, 0.1) is 0 Å². The lowest BCUT2D eigenvalue weighted by atomic mass is 9.62. The zero-order valence-electron chi connectivity index (χ0n) is 15.6. The standard InChI is InChI=1S/C19H22.C4H11N/c1-19(17-12-6-3-7-13-17)15-9-8-14-18(19)16-10-4-2-5-11-16;1-3-5-4-2/h2-7,10-13,18H,8-9,14-15H2,1H3;5H,3-4H2,1-2H3. The minimum absolute atomic E-state index is 0.293. The van der Waals surface area contributed by atoms with Gasteiger partial charge in [0.1, 0.15) is 0 Å². The lowest BCUT2D eigenvalue weighted by Crippen LogP contribution is -2.33. The van der Waals surface area contributed by atoms with E-state index >= 15 is 0 Å². The highest BCUT2D eigenvalue weighted by atomic mass is 14.8. The molecule has 0 aliphatic heterocycles. The third-order valence-electron chi connectivity index (χ3n) is 5.34. The normalized spacial score (nSPS) is 23.2. The van der Waals surface area contributed by atoms with E-state index in [1.807, 2.05) is 0 Å². The fourth-order valence-corrected chi connectivity index (χ4v) is 3.97. The summed E-state index contributed by atoms with van der Waals surface area (Å²) >= 11 is 0.